The summed E-state index contributed by atoms with van der Waals surface area (Å²) in [6, 6.07) is 8.94. The van der Waals surface area contributed by atoms with Gasteiger partial charge in [0.05, 0.1) is 5.69 Å². The summed E-state index contributed by atoms with van der Waals surface area (Å²) in [5.41, 5.74) is 4.35. The Bertz CT molecular complexity index is 1230. The van der Waals surface area contributed by atoms with Gasteiger partial charge in [-0.2, -0.15) is 0 Å². The average Bonchev–Trinajstić information content (AvgIpc) is 2.70. The van der Waals surface area contributed by atoms with Crippen LogP contribution in [0, 0.1) is 19.7 Å². The predicted molar refractivity (Wildman–Crippen MR) is 139 cm³/mol. The molecule has 4 rings (SSSR count). The molecule has 34 heavy (non-hydrogen) atoms. The van der Waals surface area contributed by atoms with Crippen LogP contribution in [0.4, 0.5) is 15.8 Å². The maximum absolute atomic E-state index is 15.3. The molecule has 0 bridgehead atoms. The lowest BCUT2D eigenvalue weighted by molar-refractivity contribution is -0.122. The van der Waals surface area contributed by atoms with Gasteiger partial charge in [0.1, 0.15) is 11.4 Å². The van der Waals surface area contributed by atoms with Gasteiger partial charge in [0.25, 0.3) is 11.8 Å². The van der Waals surface area contributed by atoms with E-state index in [-0.39, 0.29) is 27.7 Å². The smallest absolute Gasteiger partial charge is 0.270 e. The fourth-order valence-corrected chi connectivity index (χ4v) is 5.64. The van der Waals surface area contributed by atoms with Gasteiger partial charge in [0.15, 0.2) is 5.11 Å². The van der Waals surface area contributed by atoms with Crippen molar-refractivity contribution in [1.82, 2.24) is 5.32 Å². The van der Waals surface area contributed by atoms with E-state index in [1.54, 1.807) is 6.07 Å². The van der Waals surface area contributed by atoms with Crippen molar-refractivity contribution < 1.29 is 14.0 Å². The summed E-state index contributed by atoms with van der Waals surface area (Å²) in [5, 5.41) is 2.60. The highest BCUT2D eigenvalue weighted by molar-refractivity contribution is 7.80. The molecule has 0 aromatic heterocycles. The van der Waals surface area contributed by atoms with Gasteiger partial charge in [0.2, 0.25) is 0 Å². The number of amides is 2. The van der Waals surface area contributed by atoms with Crippen LogP contribution in [0.2, 0.25) is 0 Å². The van der Waals surface area contributed by atoms with Crippen molar-refractivity contribution in [3.63, 3.8) is 0 Å². The summed E-state index contributed by atoms with van der Waals surface area (Å²) in [5.74, 6) is -1.46. The molecule has 178 valence electrons. The molecule has 1 unspecified atom stereocenters. The van der Waals surface area contributed by atoms with E-state index in [0.717, 1.165) is 35.3 Å². The fraction of sp³-hybridized carbons (Fsp3) is 0.370. The monoisotopic (exact) mass is 479 g/mol. The highest BCUT2D eigenvalue weighted by Crippen LogP contribution is 2.44. The minimum atomic E-state index is -0.628. The van der Waals surface area contributed by atoms with Gasteiger partial charge in [-0.25, -0.2) is 4.39 Å². The van der Waals surface area contributed by atoms with E-state index < -0.39 is 17.6 Å². The van der Waals surface area contributed by atoms with E-state index >= 15 is 4.39 Å². The molecule has 5 nitrogen and oxygen atoms in total. The van der Waals surface area contributed by atoms with Gasteiger partial charge < -0.3 is 4.90 Å². The fourth-order valence-electron chi connectivity index (χ4n) is 5.36. The number of thiocarbonyl (C=S) groups is 1. The number of hydrogen-bond acceptors (Lipinski definition) is 4. The van der Waals surface area contributed by atoms with Crippen LogP contribution in [0.5, 0.6) is 0 Å². The number of benzene rings is 2. The maximum Gasteiger partial charge on any atom is 0.270 e. The minimum absolute atomic E-state index is 0.0116. The lowest BCUT2D eigenvalue weighted by Gasteiger charge is -2.47. The molecule has 1 fully saturated rings. The second-order valence-corrected chi connectivity index (χ2v) is 10.3. The number of hydrogen-bond donors (Lipinski definition) is 1. The predicted octanol–water partition coefficient (Wildman–Crippen LogP) is 5.39. The van der Waals surface area contributed by atoms with Crippen molar-refractivity contribution in [3.05, 3.63) is 64.0 Å². The molecular formula is C27H30FN3O2S. The van der Waals surface area contributed by atoms with E-state index in [0.29, 0.717) is 5.69 Å². The number of nitrogens with zero attached hydrogens (tertiary/aromatic N) is 2. The molecule has 7 heteroatoms. The maximum atomic E-state index is 15.3. The number of fused-ring (bicyclic) bond motifs is 1. The van der Waals surface area contributed by atoms with Gasteiger partial charge in [-0.3, -0.25) is 19.8 Å². The molecule has 2 aliphatic rings. The molecule has 0 radical (unpaired) electrons. The normalized spacial score (nSPS) is 21.1. The second-order valence-electron chi connectivity index (χ2n) is 9.90. The Morgan fingerprint density at radius 3 is 2.41 bits per heavy atom. The van der Waals surface area contributed by atoms with E-state index in [9.17, 15) is 9.59 Å². The zero-order valence-corrected chi connectivity index (χ0v) is 21.3. The van der Waals surface area contributed by atoms with Crippen LogP contribution < -0.4 is 15.1 Å². The molecule has 2 aliphatic heterocycles. The molecule has 0 spiro atoms. The third kappa shape index (κ3) is 4.13. The standard InChI is InChI=1S/C27H30FN3O2S/c1-7-30-23-13-22(28)18(11-20(23)17(4)14-27(30,5)6)12-21-24(32)29-26(34)31(25(21)33)19-9-15(2)8-16(3)10-19/h8-13,17H,7,14H2,1-6H3,(H,29,32,34)/b21-12-. The van der Waals surface area contributed by atoms with E-state index in [1.165, 1.54) is 17.0 Å². The molecule has 2 amide bonds. The van der Waals surface area contributed by atoms with Crippen LogP contribution in [0.3, 0.4) is 0 Å². The van der Waals surface area contributed by atoms with Gasteiger partial charge in [0, 0.05) is 23.3 Å². The van der Waals surface area contributed by atoms with Crippen molar-refractivity contribution in [2.24, 2.45) is 0 Å². The number of carbonyl (C=O) groups is 2. The molecule has 0 aliphatic carbocycles. The van der Waals surface area contributed by atoms with Gasteiger partial charge in [-0.15, -0.1) is 0 Å². The van der Waals surface area contributed by atoms with E-state index in [4.69, 9.17) is 12.2 Å². The summed E-state index contributed by atoms with van der Waals surface area (Å²) < 4.78 is 15.3. The van der Waals surface area contributed by atoms with Crippen molar-refractivity contribution in [2.45, 2.75) is 59.4 Å². The van der Waals surface area contributed by atoms with E-state index in [1.807, 2.05) is 32.0 Å². The Hall–Kier alpha value is -3.06. The van der Waals surface area contributed by atoms with Crippen LogP contribution in [0.25, 0.3) is 6.08 Å². The molecule has 1 atom stereocenters. The zero-order valence-electron chi connectivity index (χ0n) is 20.5. The molecular weight excluding hydrogens is 449 g/mol. The lowest BCUT2D eigenvalue weighted by Crippen LogP contribution is -2.54. The summed E-state index contributed by atoms with van der Waals surface area (Å²) >= 11 is 5.30. The number of halogens is 1. The van der Waals surface area contributed by atoms with Crippen LogP contribution in [0.1, 0.15) is 62.3 Å². The number of anilines is 2. The number of carbonyl (C=O) groups excluding carboxylic acids is 2. The summed E-state index contributed by atoms with van der Waals surface area (Å²) in [6.07, 6.45) is 2.26. The Balaban J connectivity index is 1.79. The third-order valence-corrected chi connectivity index (χ3v) is 6.97. The summed E-state index contributed by atoms with van der Waals surface area (Å²) in [6.45, 7) is 13.1. The topological polar surface area (TPSA) is 52.7 Å². The van der Waals surface area contributed by atoms with Gasteiger partial charge in [-0.05, 0) is 106 Å². The number of aryl methyl sites for hydroxylation is 2. The first-order valence-electron chi connectivity index (χ1n) is 11.5. The van der Waals surface area contributed by atoms with E-state index in [2.05, 4.69) is 37.9 Å². The Morgan fingerprint density at radius 2 is 1.79 bits per heavy atom. The first kappa shape index (κ1) is 24.1. The molecule has 0 saturated carbocycles. The summed E-state index contributed by atoms with van der Waals surface area (Å²) in [4.78, 5) is 29.6. The van der Waals surface area contributed by atoms with Crippen LogP contribution in [0.15, 0.2) is 35.9 Å². The zero-order chi connectivity index (χ0) is 24.9. The lowest BCUT2D eigenvalue weighted by atomic mass is 9.79. The third-order valence-electron chi connectivity index (χ3n) is 6.69. The van der Waals surface area contributed by atoms with Crippen LogP contribution in [-0.2, 0) is 9.59 Å². The van der Waals surface area contributed by atoms with Gasteiger partial charge in [-0.1, -0.05) is 13.0 Å². The number of rotatable bonds is 3. The Labute approximate surface area is 205 Å². The molecule has 2 aromatic rings. The SMILES string of the molecule is CCN1c2cc(F)c(/C=C3/C(=O)NC(=S)N(c4cc(C)cc(C)c4)C3=O)cc2C(C)CC1(C)C. The quantitative estimate of drug-likeness (QED) is 0.365. The highest BCUT2D eigenvalue weighted by atomic mass is 32.1. The molecule has 2 heterocycles. The van der Waals surface area contributed by atoms with Crippen LogP contribution in [-0.4, -0.2) is 29.0 Å². The minimum Gasteiger partial charge on any atom is -0.366 e. The number of nitrogens with one attached hydrogen (secondary N) is 1. The Kier molecular flexibility index (Phi) is 6.10. The first-order valence-corrected chi connectivity index (χ1v) is 11.9. The van der Waals surface area contributed by atoms with Crippen molar-refractivity contribution in [2.75, 3.05) is 16.3 Å². The van der Waals surface area contributed by atoms with Crippen molar-refractivity contribution >= 4 is 46.6 Å². The average molecular weight is 480 g/mol. The van der Waals surface area contributed by atoms with Crippen LogP contribution >= 0.6 is 12.2 Å². The molecule has 1 saturated heterocycles. The molecule has 1 N–H and O–H groups in total. The van der Waals surface area contributed by atoms with Crippen molar-refractivity contribution in [3.8, 4) is 0 Å². The highest BCUT2D eigenvalue weighted by Gasteiger charge is 2.37. The first-order chi connectivity index (χ1) is 15.9. The Morgan fingerprint density at radius 1 is 1.15 bits per heavy atom. The largest absolute Gasteiger partial charge is 0.366 e. The molecule has 2 aromatic carbocycles. The van der Waals surface area contributed by atoms with Gasteiger partial charge >= 0.3 is 0 Å². The van der Waals surface area contributed by atoms with Crippen molar-refractivity contribution in [1.29, 1.82) is 0 Å². The summed E-state index contributed by atoms with van der Waals surface area (Å²) in [7, 11) is 0. The second kappa shape index (κ2) is 8.62.